The highest BCUT2D eigenvalue weighted by molar-refractivity contribution is 5.67. The Morgan fingerprint density at radius 3 is 2.37 bits per heavy atom. The summed E-state index contributed by atoms with van der Waals surface area (Å²) >= 11 is 0. The monoisotopic (exact) mass is 264 g/mol. The molecule has 0 atom stereocenters. The Labute approximate surface area is 117 Å². The fraction of sp³-hybridized carbons (Fsp3) is 0.800. The maximum absolute atomic E-state index is 6.33. The van der Waals surface area contributed by atoms with Crippen molar-refractivity contribution in [1.82, 2.24) is 9.78 Å². The Kier molecular flexibility index (Phi) is 3.79. The molecule has 0 aliphatic carbocycles. The highest BCUT2D eigenvalue weighted by Crippen LogP contribution is 2.41. The zero-order valence-electron chi connectivity index (χ0n) is 13.0. The van der Waals surface area contributed by atoms with Crippen LogP contribution in [-0.4, -0.2) is 22.9 Å². The molecule has 0 amide bonds. The van der Waals surface area contributed by atoms with Crippen LogP contribution in [0, 0.1) is 5.41 Å². The van der Waals surface area contributed by atoms with E-state index in [1.165, 1.54) is 19.3 Å². The molecule has 0 bridgehead atoms. The van der Waals surface area contributed by atoms with E-state index in [1.54, 1.807) is 0 Å². The lowest BCUT2D eigenvalue weighted by Gasteiger charge is -2.27. The molecule has 2 heterocycles. The predicted octanol–water partition coefficient (Wildman–Crippen LogP) is 3.14. The summed E-state index contributed by atoms with van der Waals surface area (Å²) in [6.45, 7) is 11.1. The Balaban J connectivity index is 2.29. The molecule has 0 saturated carbocycles. The van der Waals surface area contributed by atoms with E-state index in [0.717, 1.165) is 30.3 Å². The quantitative estimate of drug-likeness (QED) is 0.908. The lowest BCUT2D eigenvalue weighted by Crippen LogP contribution is -2.28. The van der Waals surface area contributed by atoms with E-state index in [-0.39, 0.29) is 0 Å². The number of hydrogen-bond acceptors (Lipinski definition) is 3. The van der Waals surface area contributed by atoms with Crippen LogP contribution in [0.3, 0.4) is 0 Å². The van der Waals surface area contributed by atoms with Crippen LogP contribution in [0.25, 0.3) is 0 Å². The third-order valence-corrected chi connectivity index (χ3v) is 4.87. The highest BCUT2D eigenvalue weighted by atomic mass is 15.4. The average molecular weight is 264 g/mol. The average Bonchev–Trinajstić information content (AvgIpc) is 2.92. The van der Waals surface area contributed by atoms with Crippen LogP contribution in [-0.2, 0) is 7.05 Å². The van der Waals surface area contributed by atoms with Gasteiger partial charge in [-0.15, -0.1) is 0 Å². The van der Waals surface area contributed by atoms with Gasteiger partial charge < -0.3 is 10.6 Å². The fourth-order valence-corrected chi connectivity index (χ4v) is 3.30. The second-order valence-electron chi connectivity index (χ2n) is 6.28. The van der Waals surface area contributed by atoms with Crippen molar-refractivity contribution in [2.45, 2.75) is 52.9 Å². The van der Waals surface area contributed by atoms with Crippen LogP contribution in [0.1, 0.15) is 58.6 Å². The van der Waals surface area contributed by atoms with Gasteiger partial charge in [-0.1, -0.05) is 27.7 Å². The van der Waals surface area contributed by atoms with Crippen LogP contribution >= 0.6 is 0 Å². The summed E-state index contributed by atoms with van der Waals surface area (Å²) in [5.74, 6) is 1.50. The molecule has 0 aromatic carbocycles. The standard InChI is InChI=1S/C15H28N4/c1-6-15(7-2)8-9-19(10-15)14-12(16)13(11(3)4)17-18(14)5/h11H,6-10,16H2,1-5H3. The van der Waals surface area contributed by atoms with Crippen molar-refractivity contribution < 1.29 is 0 Å². The van der Waals surface area contributed by atoms with Crippen molar-refractivity contribution in [2.75, 3.05) is 23.7 Å². The van der Waals surface area contributed by atoms with Crippen LogP contribution in [0.2, 0.25) is 0 Å². The molecule has 4 heteroatoms. The van der Waals surface area contributed by atoms with Gasteiger partial charge in [0.25, 0.3) is 0 Å². The molecule has 0 unspecified atom stereocenters. The third-order valence-electron chi connectivity index (χ3n) is 4.87. The first-order chi connectivity index (χ1) is 8.94. The van der Waals surface area contributed by atoms with E-state index < -0.39 is 0 Å². The third kappa shape index (κ3) is 2.33. The van der Waals surface area contributed by atoms with E-state index in [9.17, 15) is 0 Å². The van der Waals surface area contributed by atoms with E-state index in [0.29, 0.717) is 11.3 Å². The van der Waals surface area contributed by atoms with E-state index in [2.05, 4.69) is 37.7 Å². The van der Waals surface area contributed by atoms with Crippen molar-refractivity contribution in [3.8, 4) is 0 Å². The minimum absolute atomic E-state index is 0.379. The molecule has 1 aromatic rings. The largest absolute Gasteiger partial charge is 0.394 e. The molecule has 0 radical (unpaired) electrons. The van der Waals surface area contributed by atoms with Crippen LogP contribution in [0.15, 0.2) is 0 Å². The second kappa shape index (κ2) is 5.06. The maximum atomic E-state index is 6.33. The predicted molar refractivity (Wildman–Crippen MR) is 81.6 cm³/mol. The van der Waals surface area contributed by atoms with Gasteiger partial charge in [-0.25, -0.2) is 0 Å². The molecule has 1 saturated heterocycles. The minimum atomic E-state index is 0.379. The second-order valence-corrected chi connectivity index (χ2v) is 6.28. The number of hydrogen-bond donors (Lipinski definition) is 1. The summed E-state index contributed by atoms with van der Waals surface area (Å²) < 4.78 is 1.96. The SMILES string of the molecule is CCC1(CC)CCN(c2c(N)c(C(C)C)nn2C)C1. The van der Waals surface area contributed by atoms with Gasteiger partial charge in [-0.2, -0.15) is 5.10 Å². The van der Waals surface area contributed by atoms with Gasteiger partial charge in [0, 0.05) is 20.1 Å². The van der Waals surface area contributed by atoms with Gasteiger partial charge in [0.15, 0.2) is 0 Å². The molecular formula is C15H28N4. The number of nitrogens with zero attached hydrogens (tertiary/aromatic N) is 3. The molecule has 2 rings (SSSR count). The molecule has 1 aliphatic heterocycles. The number of anilines is 2. The Morgan fingerprint density at radius 1 is 1.32 bits per heavy atom. The zero-order chi connectivity index (χ0) is 14.2. The lowest BCUT2D eigenvalue weighted by molar-refractivity contribution is 0.301. The van der Waals surface area contributed by atoms with Gasteiger partial charge in [0.05, 0.1) is 11.4 Å². The zero-order valence-corrected chi connectivity index (χ0v) is 13.0. The number of nitrogens with two attached hydrogens (primary N) is 1. The van der Waals surface area contributed by atoms with Crippen molar-refractivity contribution >= 4 is 11.5 Å². The number of rotatable bonds is 4. The van der Waals surface area contributed by atoms with Gasteiger partial charge in [0.1, 0.15) is 5.82 Å². The summed E-state index contributed by atoms with van der Waals surface area (Å²) in [5, 5.41) is 4.60. The fourth-order valence-electron chi connectivity index (χ4n) is 3.30. The summed E-state index contributed by atoms with van der Waals surface area (Å²) in [6.07, 6.45) is 3.76. The molecule has 2 N–H and O–H groups in total. The molecule has 4 nitrogen and oxygen atoms in total. The van der Waals surface area contributed by atoms with Gasteiger partial charge >= 0.3 is 0 Å². The number of aryl methyl sites for hydroxylation is 1. The van der Waals surface area contributed by atoms with Gasteiger partial charge in [-0.3, -0.25) is 4.68 Å². The summed E-state index contributed by atoms with van der Waals surface area (Å²) in [5.41, 5.74) is 8.70. The summed E-state index contributed by atoms with van der Waals surface area (Å²) in [6, 6.07) is 0. The van der Waals surface area contributed by atoms with Crippen molar-refractivity contribution in [3.05, 3.63) is 5.69 Å². The van der Waals surface area contributed by atoms with Crippen LogP contribution < -0.4 is 10.6 Å². The smallest absolute Gasteiger partial charge is 0.150 e. The van der Waals surface area contributed by atoms with E-state index >= 15 is 0 Å². The molecule has 108 valence electrons. The normalized spacial score (nSPS) is 18.5. The van der Waals surface area contributed by atoms with E-state index in [1.807, 2.05) is 11.7 Å². The highest BCUT2D eigenvalue weighted by Gasteiger charge is 2.37. The molecule has 1 fully saturated rings. The first kappa shape index (κ1) is 14.2. The Bertz CT molecular complexity index is 443. The van der Waals surface area contributed by atoms with Crippen LogP contribution in [0.5, 0.6) is 0 Å². The topological polar surface area (TPSA) is 47.1 Å². The van der Waals surface area contributed by atoms with Gasteiger partial charge in [0.2, 0.25) is 0 Å². The molecular weight excluding hydrogens is 236 g/mol. The lowest BCUT2D eigenvalue weighted by atomic mass is 9.82. The molecule has 0 spiro atoms. The van der Waals surface area contributed by atoms with E-state index in [4.69, 9.17) is 5.73 Å². The van der Waals surface area contributed by atoms with Crippen molar-refractivity contribution in [2.24, 2.45) is 12.5 Å². The number of nitrogen functional groups attached to an aromatic ring is 1. The minimum Gasteiger partial charge on any atom is -0.394 e. The van der Waals surface area contributed by atoms with Crippen LogP contribution in [0.4, 0.5) is 11.5 Å². The molecule has 1 aromatic heterocycles. The molecule has 19 heavy (non-hydrogen) atoms. The number of aromatic nitrogens is 2. The summed E-state index contributed by atoms with van der Waals surface area (Å²) in [4.78, 5) is 2.43. The first-order valence-corrected chi connectivity index (χ1v) is 7.51. The molecule has 1 aliphatic rings. The maximum Gasteiger partial charge on any atom is 0.150 e. The van der Waals surface area contributed by atoms with Crippen molar-refractivity contribution in [1.29, 1.82) is 0 Å². The summed E-state index contributed by atoms with van der Waals surface area (Å²) in [7, 11) is 2.01. The Hall–Kier alpha value is -1.19. The Morgan fingerprint density at radius 2 is 1.95 bits per heavy atom. The van der Waals surface area contributed by atoms with Gasteiger partial charge in [-0.05, 0) is 30.6 Å². The van der Waals surface area contributed by atoms with Crippen molar-refractivity contribution in [3.63, 3.8) is 0 Å². The first-order valence-electron chi connectivity index (χ1n) is 7.51.